The number of nitrogens with zero attached hydrogens (tertiary/aromatic N) is 3. The predicted octanol–water partition coefficient (Wildman–Crippen LogP) is 2.03. The van der Waals surface area contributed by atoms with Crippen molar-refractivity contribution in [2.24, 2.45) is 11.8 Å². The summed E-state index contributed by atoms with van der Waals surface area (Å²) in [5.74, 6) is -2.48. The van der Waals surface area contributed by atoms with E-state index in [0.29, 0.717) is 17.9 Å². The number of para-hydroxylation sites is 1. The van der Waals surface area contributed by atoms with Gasteiger partial charge in [-0.15, -0.1) is 0 Å². The second-order valence-electron chi connectivity index (χ2n) is 8.46. The average Bonchev–Trinajstić information content (AvgIpc) is 3.46. The molecule has 0 aromatic heterocycles. The van der Waals surface area contributed by atoms with Crippen LogP contribution in [0.3, 0.4) is 0 Å². The van der Waals surface area contributed by atoms with Crippen molar-refractivity contribution in [1.82, 2.24) is 4.90 Å². The molecule has 9 nitrogen and oxygen atoms in total. The molecule has 4 aliphatic rings. The van der Waals surface area contributed by atoms with Crippen molar-refractivity contribution < 1.29 is 19.3 Å². The maximum atomic E-state index is 13.7. The lowest BCUT2D eigenvalue weighted by Crippen LogP contribution is -2.54. The lowest BCUT2D eigenvalue weighted by Gasteiger charge is -2.36. The maximum Gasteiger partial charge on any atom is 0.269 e. The molecule has 0 bridgehead atoms. The van der Waals surface area contributed by atoms with Gasteiger partial charge in [0.1, 0.15) is 5.54 Å². The van der Waals surface area contributed by atoms with Crippen LogP contribution in [0.25, 0.3) is 0 Å². The predicted molar refractivity (Wildman–Crippen MR) is 109 cm³/mol. The van der Waals surface area contributed by atoms with Crippen molar-refractivity contribution in [1.29, 1.82) is 0 Å². The number of anilines is 2. The van der Waals surface area contributed by atoms with Gasteiger partial charge in [0.2, 0.25) is 17.7 Å². The van der Waals surface area contributed by atoms with Crippen molar-refractivity contribution >= 4 is 34.8 Å². The first-order valence-corrected chi connectivity index (χ1v) is 10.3. The largest absolute Gasteiger partial charge is 0.324 e. The van der Waals surface area contributed by atoms with Gasteiger partial charge in [-0.2, -0.15) is 0 Å². The Hall–Kier alpha value is -3.59. The summed E-state index contributed by atoms with van der Waals surface area (Å²) in [6, 6.07) is 12.5. The van der Waals surface area contributed by atoms with E-state index in [1.165, 1.54) is 24.3 Å². The third-order valence-electron chi connectivity index (χ3n) is 7.22. The molecule has 9 heteroatoms. The Morgan fingerprint density at radius 2 is 1.77 bits per heavy atom. The number of hydrogen-bond donors (Lipinski definition) is 1. The Labute approximate surface area is 176 Å². The molecule has 3 amide bonds. The van der Waals surface area contributed by atoms with Crippen LogP contribution in [0.5, 0.6) is 0 Å². The lowest BCUT2D eigenvalue weighted by atomic mass is 9.75. The average molecular weight is 418 g/mol. The number of imide groups is 1. The normalized spacial score (nSPS) is 31.2. The van der Waals surface area contributed by atoms with E-state index >= 15 is 0 Å². The summed E-state index contributed by atoms with van der Waals surface area (Å²) in [5.41, 5.74) is 0.385. The van der Waals surface area contributed by atoms with Gasteiger partial charge in [0.25, 0.3) is 5.69 Å². The minimum atomic E-state index is -1.20. The third kappa shape index (κ3) is 2.06. The highest BCUT2D eigenvalue weighted by Crippen LogP contribution is 2.60. The second kappa shape index (κ2) is 5.98. The number of hydrogen-bond acceptors (Lipinski definition) is 6. The Morgan fingerprint density at radius 1 is 1.03 bits per heavy atom. The number of rotatable bonds is 2. The first kappa shape index (κ1) is 18.2. The zero-order valence-corrected chi connectivity index (χ0v) is 16.4. The molecule has 4 heterocycles. The minimum Gasteiger partial charge on any atom is -0.324 e. The molecular formula is C22H18N4O5. The van der Waals surface area contributed by atoms with Crippen LogP contribution in [0.15, 0.2) is 48.5 Å². The highest BCUT2D eigenvalue weighted by atomic mass is 16.6. The molecule has 156 valence electrons. The van der Waals surface area contributed by atoms with Crippen LogP contribution < -0.4 is 10.2 Å². The Morgan fingerprint density at radius 3 is 2.52 bits per heavy atom. The van der Waals surface area contributed by atoms with Crippen molar-refractivity contribution in [3.63, 3.8) is 0 Å². The molecule has 4 aliphatic heterocycles. The van der Waals surface area contributed by atoms with Crippen LogP contribution in [0.1, 0.15) is 18.4 Å². The lowest BCUT2D eigenvalue weighted by molar-refractivity contribution is -0.384. The summed E-state index contributed by atoms with van der Waals surface area (Å²) >= 11 is 0. The minimum absolute atomic E-state index is 0.120. The summed E-state index contributed by atoms with van der Waals surface area (Å²) in [6.45, 7) is 0.650. The van der Waals surface area contributed by atoms with Crippen molar-refractivity contribution in [2.75, 3.05) is 16.8 Å². The molecule has 31 heavy (non-hydrogen) atoms. The molecule has 0 radical (unpaired) electrons. The first-order chi connectivity index (χ1) is 15.0. The van der Waals surface area contributed by atoms with Crippen LogP contribution in [0, 0.1) is 22.0 Å². The number of non-ortho nitro benzene ring substituents is 1. The van der Waals surface area contributed by atoms with E-state index in [1.807, 2.05) is 24.3 Å². The van der Waals surface area contributed by atoms with Gasteiger partial charge in [0, 0.05) is 29.4 Å². The van der Waals surface area contributed by atoms with E-state index in [1.54, 1.807) is 0 Å². The summed E-state index contributed by atoms with van der Waals surface area (Å²) < 4.78 is 0. The number of fused-ring (bicyclic) bond motifs is 7. The summed E-state index contributed by atoms with van der Waals surface area (Å²) in [4.78, 5) is 54.3. The van der Waals surface area contributed by atoms with Crippen LogP contribution >= 0.6 is 0 Å². The molecule has 1 spiro atoms. The molecular weight excluding hydrogens is 400 g/mol. The van der Waals surface area contributed by atoms with Crippen LogP contribution in [-0.4, -0.2) is 40.1 Å². The fourth-order valence-corrected chi connectivity index (χ4v) is 6.14. The van der Waals surface area contributed by atoms with E-state index in [4.69, 9.17) is 0 Å². The zero-order valence-electron chi connectivity index (χ0n) is 16.4. The summed E-state index contributed by atoms with van der Waals surface area (Å²) in [5, 5.41) is 13.9. The number of nitro groups is 1. The number of amides is 3. The third-order valence-corrected chi connectivity index (χ3v) is 7.22. The van der Waals surface area contributed by atoms with E-state index < -0.39 is 28.2 Å². The number of carbonyl (C=O) groups excluding carboxylic acids is 3. The van der Waals surface area contributed by atoms with E-state index in [9.17, 15) is 24.5 Å². The topological polar surface area (TPSA) is 113 Å². The van der Waals surface area contributed by atoms with Crippen molar-refractivity contribution in [3.05, 3.63) is 64.2 Å². The highest BCUT2D eigenvalue weighted by Gasteiger charge is 2.74. The molecule has 6 rings (SSSR count). The second-order valence-corrected chi connectivity index (χ2v) is 8.46. The standard InChI is InChI=1S/C22H18N4O5/c27-19-17-16-6-3-11-24(16)22(14-4-1-2-5-15(14)23-21(22)29)18(17)20(28)25(19)12-7-9-13(10-8-12)26(30)31/h1-2,4-5,7-10,16-18H,3,6,11H2,(H,23,29)/t16-,17-,18+,22+/m1/s1. The molecule has 4 atom stereocenters. The van der Waals surface area contributed by atoms with Gasteiger partial charge >= 0.3 is 0 Å². The molecule has 1 N–H and O–H groups in total. The van der Waals surface area contributed by atoms with Gasteiger partial charge in [-0.1, -0.05) is 18.2 Å². The molecule has 3 saturated heterocycles. The quantitative estimate of drug-likeness (QED) is 0.454. The Kier molecular flexibility index (Phi) is 3.51. The monoisotopic (exact) mass is 418 g/mol. The number of nitro benzene ring substituents is 1. The Balaban J connectivity index is 1.50. The summed E-state index contributed by atoms with van der Waals surface area (Å²) in [7, 11) is 0. The summed E-state index contributed by atoms with van der Waals surface area (Å²) in [6.07, 6.45) is 1.59. The molecule has 3 fully saturated rings. The Bertz CT molecular complexity index is 1180. The highest BCUT2D eigenvalue weighted by molar-refractivity contribution is 6.25. The molecule has 0 aliphatic carbocycles. The molecule has 2 aromatic carbocycles. The van der Waals surface area contributed by atoms with Gasteiger partial charge in [-0.25, -0.2) is 4.90 Å². The van der Waals surface area contributed by atoms with Crippen LogP contribution in [0.2, 0.25) is 0 Å². The van der Waals surface area contributed by atoms with Crippen molar-refractivity contribution in [3.8, 4) is 0 Å². The van der Waals surface area contributed by atoms with E-state index in [0.717, 1.165) is 23.3 Å². The number of nitrogens with one attached hydrogen (secondary N) is 1. The molecule has 2 aromatic rings. The smallest absolute Gasteiger partial charge is 0.269 e. The zero-order chi connectivity index (χ0) is 21.5. The van der Waals surface area contributed by atoms with E-state index in [-0.39, 0.29) is 23.5 Å². The van der Waals surface area contributed by atoms with Gasteiger partial charge in [0.15, 0.2) is 0 Å². The maximum absolute atomic E-state index is 13.7. The van der Waals surface area contributed by atoms with Gasteiger partial charge in [0.05, 0.1) is 22.4 Å². The van der Waals surface area contributed by atoms with Crippen LogP contribution in [-0.2, 0) is 19.9 Å². The van der Waals surface area contributed by atoms with Gasteiger partial charge in [-0.3, -0.25) is 29.4 Å². The number of benzene rings is 2. The fourth-order valence-electron chi connectivity index (χ4n) is 6.14. The van der Waals surface area contributed by atoms with Crippen molar-refractivity contribution in [2.45, 2.75) is 24.4 Å². The number of carbonyl (C=O) groups is 3. The first-order valence-electron chi connectivity index (χ1n) is 10.3. The van der Waals surface area contributed by atoms with Crippen LogP contribution in [0.4, 0.5) is 17.1 Å². The molecule has 0 saturated carbocycles. The van der Waals surface area contributed by atoms with Gasteiger partial charge in [-0.05, 0) is 37.6 Å². The van der Waals surface area contributed by atoms with E-state index in [2.05, 4.69) is 10.2 Å². The SMILES string of the molecule is O=C1[C@@H]2[C@H]3CCCN3[C@]3(C(=O)Nc4ccccc43)[C@@H]2C(=O)N1c1ccc([N+](=O)[O-])cc1. The molecule has 0 unspecified atom stereocenters. The fraction of sp³-hybridized carbons (Fsp3) is 0.318. The van der Waals surface area contributed by atoms with Gasteiger partial charge < -0.3 is 5.32 Å².